The first-order chi connectivity index (χ1) is 11.5. The minimum atomic E-state index is -0.437. The minimum absolute atomic E-state index is 0.0297. The fraction of sp³-hybridized carbons (Fsp3) is 0.250. The van der Waals surface area contributed by atoms with E-state index in [0.717, 1.165) is 16.5 Å². The van der Waals surface area contributed by atoms with Gasteiger partial charge in [0.15, 0.2) is 5.82 Å². The Morgan fingerprint density at radius 2 is 2.04 bits per heavy atom. The maximum atomic E-state index is 11.0. The van der Waals surface area contributed by atoms with E-state index < -0.39 is 4.92 Å². The normalized spacial score (nSPS) is 10.8. The second-order valence-electron chi connectivity index (χ2n) is 5.34. The van der Waals surface area contributed by atoms with Gasteiger partial charge in [0, 0.05) is 12.3 Å². The second kappa shape index (κ2) is 6.79. The Hall–Kier alpha value is -2.74. The first-order valence-corrected chi connectivity index (χ1v) is 8.20. The van der Waals surface area contributed by atoms with E-state index in [1.807, 2.05) is 36.6 Å². The van der Waals surface area contributed by atoms with Crippen molar-refractivity contribution in [3.05, 3.63) is 68.0 Å². The van der Waals surface area contributed by atoms with E-state index in [-0.39, 0.29) is 5.82 Å². The van der Waals surface area contributed by atoms with E-state index in [1.165, 1.54) is 23.1 Å². The van der Waals surface area contributed by atoms with Crippen LogP contribution in [-0.4, -0.2) is 19.5 Å². The SMILES string of the molecule is Cc1ccc(OCc2nc(Cn3c([N+](=O)[O-])cnc3C)cs2)cc1. The molecular formula is C16H16N4O3S. The van der Waals surface area contributed by atoms with Gasteiger partial charge in [0.25, 0.3) is 0 Å². The van der Waals surface area contributed by atoms with Gasteiger partial charge < -0.3 is 14.9 Å². The van der Waals surface area contributed by atoms with Crippen LogP contribution in [0, 0.1) is 24.0 Å². The second-order valence-corrected chi connectivity index (χ2v) is 6.28. The molecule has 7 nitrogen and oxygen atoms in total. The smallest absolute Gasteiger partial charge is 0.343 e. The number of nitrogens with zero attached hydrogens (tertiary/aromatic N) is 4. The summed E-state index contributed by atoms with van der Waals surface area (Å²) in [5, 5.41) is 13.7. The minimum Gasteiger partial charge on any atom is -0.486 e. The van der Waals surface area contributed by atoms with Gasteiger partial charge in [-0.1, -0.05) is 17.7 Å². The molecule has 0 radical (unpaired) electrons. The van der Waals surface area contributed by atoms with Crippen molar-refractivity contribution in [2.75, 3.05) is 0 Å². The monoisotopic (exact) mass is 344 g/mol. The van der Waals surface area contributed by atoms with Crippen LogP contribution in [0.4, 0.5) is 5.82 Å². The van der Waals surface area contributed by atoms with Crippen LogP contribution in [0.15, 0.2) is 35.8 Å². The fourth-order valence-corrected chi connectivity index (χ4v) is 2.92. The van der Waals surface area contributed by atoms with Crippen LogP contribution in [-0.2, 0) is 13.2 Å². The first kappa shape index (κ1) is 16.1. The van der Waals surface area contributed by atoms with Gasteiger partial charge in [0.05, 0.1) is 5.69 Å². The van der Waals surface area contributed by atoms with Crippen LogP contribution in [0.3, 0.4) is 0 Å². The van der Waals surface area contributed by atoms with Gasteiger partial charge in [-0.25, -0.2) is 14.5 Å². The number of hydrogen-bond acceptors (Lipinski definition) is 6. The Bertz CT molecular complexity index is 855. The van der Waals surface area contributed by atoms with Gasteiger partial charge in [-0.2, -0.15) is 0 Å². The highest BCUT2D eigenvalue weighted by Crippen LogP contribution is 2.19. The molecule has 0 spiro atoms. The molecule has 8 heteroatoms. The van der Waals surface area contributed by atoms with E-state index in [9.17, 15) is 10.1 Å². The van der Waals surface area contributed by atoms with E-state index in [1.54, 1.807) is 11.5 Å². The third-order valence-electron chi connectivity index (χ3n) is 3.52. The molecule has 0 saturated heterocycles. The molecule has 0 aliphatic carbocycles. The summed E-state index contributed by atoms with van der Waals surface area (Å²) in [6.07, 6.45) is 1.27. The predicted molar refractivity (Wildman–Crippen MR) is 90.3 cm³/mol. The molecule has 0 aliphatic rings. The zero-order valence-corrected chi connectivity index (χ0v) is 14.1. The molecular weight excluding hydrogens is 328 g/mol. The summed E-state index contributed by atoms with van der Waals surface area (Å²) in [7, 11) is 0. The van der Waals surface area contributed by atoms with Crippen molar-refractivity contribution in [3.63, 3.8) is 0 Å². The van der Waals surface area contributed by atoms with Gasteiger partial charge in [-0.15, -0.1) is 11.3 Å². The number of thiazole rings is 1. The lowest BCUT2D eigenvalue weighted by Crippen LogP contribution is -2.06. The molecule has 0 aliphatic heterocycles. The Morgan fingerprint density at radius 3 is 2.75 bits per heavy atom. The molecule has 2 aromatic heterocycles. The number of rotatable bonds is 6. The Morgan fingerprint density at radius 1 is 1.29 bits per heavy atom. The topological polar surface area (TPSA) is 83.1 Å². The number of aryl methyl sites for hydroxylation is 2. The standard InChI is InChI=1S/C16H16N4O3S/c1-11-3-5-14(6-4-11)23-9-15-18-13(10-24-15)8-19-12(2)17-7-16(19)20(21)22/h3-7,10H,8-9H2,1-2H3. The lowest BCUT2D eigenvalue weighted by Gasteiger charge is -2.04. The molecule has 0 N–H and O–H groups in total. The molecule has 0 amide bonds. The molecule has 0 unspecified atom stereocenters. The third-order valence-corrected chi connectivity index (χ3v) is 4.39. The summed E-state index contributed by atoms with van der Waals surface area (Å²) in [5.74, 6) is 1.35. The number of nitro groups is 1. The van der Waals surface area contributed by atoms with Gasteiger partial charge in [-0.05, 0) is 24.0 Å². The summed E-state index contributed by atoms with van der Waals surface area (Å²) < 4.78 is 7.24. The highest BCUT2D eigenvalue weighted by molar-refractivity contribution is 7.09. The number of hydrogen-bond donors (Lipinski definition) is 0. The lowest BCUT2D eigenvalue weighted by atomic mass is 10.2. The van der Waals surface area contributed by atoms with Crippen molar-refractivity contribution in [2.45, 2.75) is 27.0 Å². The maximum Gasteiger partial charge on any atom is 0.343 e. The lowest BCUT2D eigenvalue weighted by molar-refractivity contribution is -0.392. The fourth-order valence-electron chi connectivity index (χ4n) is 2.23. The Labute approximate surface area is 142 Å². The summed E-state index contributed by atoms with van der Waals surface area (Å²) >= 11 is 1.47. The summed E-state index contributed by atoms with van der Waals surface area (Å²) in [6, 6.07) is 7.82. The number of aromatic nitrogens is 3. The van der Waals surface area contributed by atoms with Gasteiger partial charge in [-0.3, -0.25) is 0 Å². The number of benzene rings is 1. The highest BCUT2D eigenvalue weighted by atomic mass is 32.1. The number of ether oxygens (including phenoxy) is 1. The van der Waals surface area contributed by atoms with Crippen LogP contribution in [0.2, 0.25) is 0 Å². The van der Waals surface area contributed by atoms with Crippen LogP contribution in [0.5, 0.6) is 5.75 Å². The Kier molecular flexibility index (Phi) is 4.57. The molecule has 0 saturated carbocycles. The summed E-state index contributed by atoms with van der Waals surface area (Å²) in [4.78, 5) is 19.1. The largest absolute Gasteiger partial charge is 0.486 e. The first-order valence-electron chi connectivity index (χ1n) is 7.32. The third kappa shape index (κ3) is 3.60. The van der Waals surface area contributed by atoms with E-state index in [4.69, 9.17) is 4.74 Å². The van der Waals surface area contributed by atoms with Crippen LogP contribution in [0.1, 0.15) is 22.1 Å². The zero-order chi connectivity index (χ0) is 17.1. The highest BCUT2D eigenvalue weighted by Gasteiger charge is 2.18. The molecule has 124 valence electrons. The molecule has 0 bridgehead atoms. The molecule has 24 heavy (non-hydrogen) atoms. The van der Waals surface area contributed by atoms with Crippen LogP contribution < -0.4 is 4.74 Å². The molecule has 3 rings (SSSR count). The number of imidazole rings is 1. The van der Waals surface area contributed by atoms with Crippen molar-refractivity contribution in [1.29, 1.82) is 0 Å². The van der Waals surface area contributed by atoms with Crippen molar-refractivity contribution in [2.24, 2.45) is 0 Å². The van der Waals surface area contributed by atoms with E-state index >= 15 is 0 Å². The van der Waals surface area contributed by atoms with Gasteiger partial charge in [0.1, 0.15) is 30.1 Å². The molecule has 0 atom stereocenters. The predicted octanol–water partition coefficient (Wildman–Crippen LogP) is 3.49. The zero-order valence-electron chi connectivity index (χ0n) is 13.3. The quantitative estimate of drug-likeness (QED) is 0.505. The molecule has 3 aromatic rings. The van der Waals surface area contributed by atoms with Gasteiger partial charge in [0.2, 0.25) is 0 Å². The van der Waals surface area contributed by atoms with Crippen molar-refractivity contribution >= 4 is 17.2 Å². The summed E-state index contributed by atoms with van der Waals surface area (Å²) in [6.45, 7) is 4.46. The molecule has 1 aromatic carbocycles. The molecule has 0 fully saturated rings. The van der Waals surface area contributed by atoms with Crippen molar-refractivity contribution < 1.29 is 9.66 Å². The summed E-state index contributed by atoms with van der Waals surface area (Å²) in [5.41, 5.74) is 1.93. The molecule has 2 heterocycles. The maximum absolute atomic E-state index is 11.0. The average Bonchev–Trinajstić information content (AvgIpc) is 3.15. The van der Waals surface area contributed by atoms with Crippen molar-refractivity contribution in [3.8, 4) is 5.75 Å². The van der Waals surface area contributed by atoms with Crippen molar-refractivity contribution in [1.82, 2.24) is 14.5 Å². The average molecular weight is 344 g/mol. The van der Waals surface area contributed by atoms with E-state index in [2.05, 4.69) is 9.97 Å². The van der Waals surface area contributed by atoms with Gasteiger partial charge >= 0.3 is 5.82 Å². The Balaban J connectivity index is 1.66. The van der Waals surface area contributed by atoms with Crippen LogP contribution in [0.25, 0.3) is 0 Å². The van der Waals surface area contributed by atoms with Crippen LogP contribution >= 0.6 is 11.3 Å². The van der Waals surface area contributed by atoms with E-state index in [0.29, 0.717) is 19.0 Å².